The average molecular weight is 244 g/mol. The van der Waals surface area contributed by atoms with Gasteiger partial charge in [-0.25, -0.2) is 4.98 Å². The molecule has 0 saturated heterocycles. The molecule has 2 N–H and O–H groups in total. The van der Waals surface area contributed by atoms with Gasteiger partial charge in [-0.2, -0.15) is 0 Å². The molecule has 1 aromatic heterocycles. The Labute approximate surface area is 101 Å². The molecule has 0 bridgehead atoms. The Hall–Kier alpha value is -0.490. The first-order valence-electron chi connectivity index (χ1n) is 5.54. The molecule has 0 spiro atoms. The molecule has 2 unspecified atom stereocenters. The van der Waals surface area contributed by atoms with Crippen molar-refractivity contribution >= 4 is 11.3 Å². The quantitative estimate of drug-likeness (QED) is 0.763. The van der Waals surface area contributed by atoms with E-state index in [-0.39, 0.29) is 6.04 Å². The largest absolute Gasteiger partial charge is 0.389 e. The van der Waals surface area contributed by atoms with Gasteiger partial charge in [0.05, 0.1) is 18.8 Å². The van der Waals surface area contributed by atoms with Crippen LogP contribution in [0.4, 0.5) is 0 Å². The number of aromatic nitrogens is 1. The predicted molar refractivity (Wildman–Crippen MR) is 65.8 cm³/mol. The van der Waals surface area contributed by atoms with Gasteiger partial charge < -0.3 is 15.2 Å². The monoisotopic (exact) mass is 244 g/mol. The van der Waals surface area contributed by atoms with Gasteiger partial charge in [0.1, 0.15) is 5.01 Å². The summed E-state index contributed by atoms with van der Waals surface area (Å²) in [5.74, 6) is 0. The number of nitrogens with one attached hydrogen (secondary N) is 1. The number of rotatable bonds is 7. The van der Waals surface area contributed by atoms with Gasteiger partial charge in [0.2, 0.25) is 0 Å². The lowest BCUT2D eigenvalue weighted by Crippen LogP contribution is -2.32. The molecule has 0 aliphatic rings. The molecule has 0 aliphatic heterocycles. The van der Waals surface area contributed by atoms with Crippen molar-refractivity contribution < 1.29 is 9.84 Å². The predicted octanol–water partition coefficient (Wildman–Crippen LogP) is 1.50. The summed E-state index contributed by atoms with van der Waals surface area (Å²) in [7, 11) is 0. The highest BCUT2D eigenvalue weighted by molar-refractivity contribution is 7.09. The van der Waals surface area contributed by atoms with E-state index in [0.29, 0.717) is 19.8 Å². The van der Waals surface area contributed by atoms with E-state index in [1.807, 2.05) is 26.2 Å². The Bertz CT molecular complexity index is 304. The minimum Gasteiger partial charge on any atom is -0.389 e. The highest BCUT2D eigenvalue weighted by Crippen LogP contribution is 2.16. The van der Waals surface area contributed by atoms with Crippen LogP contribution in [0.25, 0.3) is 0 Å². The number of hydrogen-bond acceptors (Lipinski definition) is 5. The maximum Gasteiger partial charge on any atom is 0.110 e. The molecule has 0 amide bonds. The summed E-state index contributed by atoms with van der Waals surface area (Å²) in [5, 5.41) is 15.9. The molecule has 0 aromatic carbocycles. The highest BCUT2D eigenvalue weighted by atomic mass is 32.1. The van der Waals surface area contributed by atoms with Crippen LogP contribution in [-0.4, -0.2) is 36.0 Å². The molecule has 0 aliphatic carbocycles. The molecule has 16 heavy (non-hydrogen) atoms. The Kier molecular flexibility index (Phi) is 5.90. The van der Waals surface area contributed by atoms with Crippen molar-refractivity contribution in [2.45, 2.75) is 32.9 Å². The molecule has 2 atom stereocenters. The molecule has 1 rings (SSSR count). The minimum absolute atomic E-state index is 0.176. The normalized spacial score (nSPS) is 15.0. The van der Waals surface area contributed by atoms with Crippen LogP contribution >= 0.6 is 11.3 Å². The van der Waals surface area contributed by atoms with Crippen LogP contribution < -0.4 is 5.32 Å². The Morgan fingerprint density at radius 3 is 2.94 bits per heavy atom. The van der Waals surface area contributed by atoms with Crippen LogP contribution in [0, 0.1) is 6.92 Å². The van der Waals surface area contributed by atoms with Gasteiger partial charge >= 0.3 is 0 Å². The van der Waals surface area contributed by atoms with E-state index in [1.54, 1.807) is 11.3 Å². The van der Waals surface area contributed by atoms with Crippen molar-refractivity contribution in [1.29, 1.82) is 0 Å². The van der Waals surface area contributed by atoms with Crippen molar-refractivity contribution in [3.8, 4) is 0 Å². The second-order valence-electron chi connectivity index (χ2n) is 3.77. The van der Waals surface area contributed by atoms with Gasteiger partial charge in [0, 0.05) is 24.2 Å². The van der Waals surface area contributed by atoms with E-state index < -0.39 is 6.10 Å². The molecule has 1 heterocycles. The lowest BCUT2D eigenvalue weighted by molar-refractivity contribution is 0.0416. The number of nitrogens with zero attached hydrogens (tertiary/aromatic N) is 1. The molecule has 0 saturated carbocycles. The maximum absolute atomic E-state index is 9.58. The molecule has 4 nitrogen and oxygen atoms in total. The van der Waals surface area contributed by atoms with Crippen LogP contribution in [-0.2, 0) is 4.74 Å². The first-order valence-corrected chi connectivity index (χ1v) is 6.42. The number of thiazole rings is 1. The van der Waals surface area contributed by atoms with E-state index >= 15 is 0 Å². The Balaban J connectivity index is 2.27. The van der Waals surface area contributed by atoms with E-state index in [2.05, 4.69) is 10.3 Å². The van der Waals surface area contributed by atoms with Crippen molar-refractivity contribution in [2.24, 2.45) is 0 Å². The summed E-state index contributed by atoms with van der Waals surface area (Å²) < 4.78 is 5.13. The minimum atomic E-state index is -0.455. The molecule has 0 fully saturated rings. The zero-order valence-electron chi connectivity index (χ0n) is 10.1. The standard InChI is InChI=1S/C11H20N2O2S/c1-4-15-6-10(14)5-12-9(3)11-13-8(2)7-16-11/h7,9-10,12,14H,4-6H2,1-3H3. The third kappa shape index (κ3) is 4.57. The highest BCUT2D eigenvalue weighted by Gasteiger charge is 2.11. The Morgan fingerprint density at radius 2 is 2.38 bits per heavy atom. The third-order valence-corrected chi connectivity index (χ3v) is 3.33. The zero-order chi connectivity index (χ0) is 12.0. The van der Waals surface area contributed by atoms with Gasteiger partial charge in [-0.1, -0.05) is 0 Å². The van der Waals surface area contributed by atoms with Gasteiger partial charge in [0.25, 0.3) is 0 Å². The fourth-order valence-electron chi connectivity index (χ4n) is 1.28. The molecular weight excluding hydrogens is 224 g/mol. The first-order chi connectivity index (χ1) is 7.63. The van der Waals surface area contributed by atoms with Crippen LogP contribution in [0.15, 0.2) is 5.38 Å². The number of hydrogen-bond donors (Lipinski definition) is 2. The van der Waals surface area contributed by atoms with Crippen molar-refractivity contribution in [1.82, 2.24) is 10.3 Å². The summed E-state index contributed by atoms with van der Waals surface area (Å²) in [6, 6.07) is 0.176. The summed E-state index contributed by atoms with van der Waals surface area (Å²) in [6.07, 6.45) is -0.455. The van der Waals surface area contributed by atoms with Crippen molar-refractivity contribution in [3.63, 3.8) is 0 Å². The van der Waals surface area contributed by atoms with E-state index in [1.165, 1.54) is 0 Å². The second-order valence-corrected chi connectivity index (χ2v) is 4.66. The summed E-state index contributed by atoms with van der Waals surface area (Å²) in [4.78, 5) is 4.39. The van der Waals surface area contributed by atoms with E-state index in [9.17, 15) is 5.11 Å². The van der Waals surface area contributed by atoms with Crippen LogP contribution in [0.1, 0.15) is 30.6 Å². The molecule has 5 heteroatoms. The smallest absolute Gasteiger partial charge is 0.110 e. The fourth-order valence-corrected chi connectivity index (χ4v) is 2.11. The number of aliphatic hydroxyl groups is 1. The lowest BCUT2D eigenvalue weighted by atomic mass is 10.3. The molecule has 0 radical (unpaired) electrons. The van der Waals surface area contributed by atoms with Crippen LogP contribution in [0.5, 0.6) is 0 Å². The van der Waals surface area contributed by atoms with Gasteiger partial charge in [-0.05, 0) is 20.8 Å². The summed E-state index contributed by atoms with van der Waals surface area (Å²) in [5.41, 5.74) is 1.04. The first kappa shape index (κ1) is 13.6. The SMILES string of the molecule is CCOCC(O)CNC(C)c1nc(C)cs1. The second kappa shape index (κ2) is 6.96. The van der Waals surface area contributed by atoms with Gasteiger partial charge in [-0.15, -0.1) is 11.3 Å². The average Bonchev–Trinajstić information content (AvgIpc) is 2.69. The van der Waals surface area contributed by atoms with Gasteiger partial charge in [-0.3, -0.25) is 0 Å². The van der Waals surface area contributed by atoms with Crippen molar-refractivity contribution in [3.05, 3.63) is 16.1 Å². The number of aliphatic hydroxyl groups excluding tert-OH is 1. The molecular formula is C11H20N2O2S. The van der Waals surface area contributed by atoms with E-state index in [4.69, 9.17) is 4.74 Å². The number of aryl methyl sites for hydroxylation is 1. The van der Waals surface area contributed by atoms with Gasteiger partial charge in [0.15, 0.2) is 0 Å². The van der Waals surface area contributed by atoms with Crippen molar-refractivity contribution in [2.75, 3.05) is 19.8 Å². The summed E-state index contributed by atoms with van der Waals surface area (Å²) >= 11 is 1.64. The maximum atomic E-state index is 9.58. The topological polar surface area (TPSA) is 54.4 Å². The molecule has 92 valence electrons. The third-order valence-electron chi connectivity index (χ3n) is 2.18. The number of ether oxygens (including phenoxy) is 1. The molecule has 1 aromatic rings. The lowest BCUT2D eigenvalue weighted by Gasteiger charge is -2.15. The fraction of sp³-hybridized carbons (Fsp3) is 0.727. The van der Waals surface area contributed by atoms with Crippen LogP contribution in [0.2, 0.25) is 0 Å². The summed E-state index contributed by atoms with van der Waals surface area (Å²) in [6.45, 7) is 7.49. The Morgan fingerprint density at radius 1 is 1.62 bits per heavy atom. The van der Waals surface area contributed by atoms with E-state index in [0.717, 1.165) is 10.7 Å². The zero-order valence-corrected chi connectivity index (χ0v) is 10.9. The van der Waals surface area contributed by atoms with Crippen LogP contribution in [0.3, 0.4) is 0 Å².